The molecule has 0 aromatic carbocycles. The van der Waals surface area contributed by atoms with Gasteiger partial charge in [0.1, 0.15) is 0 Å². The maximum absolute atomic E-state index is 3.96. The molecule has 0 aliphatic heterocycles. The van der Waals surface area contributed by atoms with Crippen molar-refractivity contribution in [2.24, 2.45) is 0 Å². The van der Waals surface area contributed by atoms with Crippen LogP contribution in [0.4, 0.5) is 0 Å². The predicted octanol–water partition coefficient (Wildman–Crippen LogP) is 3.54. The second-order valence-corrected chi connectivity index (χ2v) is 12.3. The van der Waals surface area contributed by atoms with Crippen LogP contribution in [-0.2, 0) is 0 Å². The number of unbranched alkanes of at least 4 members (excludes halogenated alkanes) is 2. The van der Waals surface area contributed by atoms with Crippen molar-refractivity contribution in [2.45, 2.75) is 48.4 Å². The summed E-state index contributed by atoms with van der Waals surface area (Å²) < 4.78 is 5.45. The van der Waals surface area contributed by atoms with Gasteiger partial charge in [0.2, 0.25) is 0 Å². The summed E-state index contributed by atoms with van der Waals surface area (Å²) in [5.41, 5.74) is 0. The Kier molecular flexibility index (Phi) is 9.06. The van der Waals surface area contributed by atoms with Crippen LogP contribution in [0.25, 0.3) is 0 Å². The Bertz CT molecular complexity index is 80.9. The van der Waals surface area contributed by atoms with Crippen LogP contribution >= 0.6 is 0 Å². The van der Waals surface area contributed by atoms with Crippen LogP contribution in [-0.4, -0.2) is 19.8 Å². The van der Waals surface area contributed by atoms with E-state index in [1.165, 1.54) is 25.7 Å². The summed E-state index contributed by atoms with van der Waals surface area (Å²) >= 11 is -1.14. The molecular weight excluding hydrogens is 239 g/mol. The normalized spacial score (nSPS) is 10.5. The zero-order chi connectivity index (χ0) is 8.53. The topological polar surface area (TPSA) is 0 Å². The predicted molar refractivity (Wildman–Crippen MR) is 56.8 cm³/mol. The van der Waals surface area contributed by atoms with Crippen LogP contribution in [0.15, 0.2) is 10.7 Å². The van der Waals surface area contributed by atoms with E-state index in [1.807, 2.05) is 0 Å². The zero-order valence-electron chi connectivity index (χ0n) is 8.10. The van der Waals surface area contributed by atoms with Gasteiger partial charge < -0.3 is 0 Å². The molecule has 0 aromatic rings. The molecule has 0 bridgehead atoms. The van der Waals surface area contributed by atoms with Crippen LogP contribution in [0.1, 0.15) is 39.5 Å². The fourth-order valence-corrected chi connectivity index (χ4v) is 8.81. The van der Waals surface area contributed by atoms with Crippen LogP contribution < -0.4 is 0 Å². The van der Waals surface area contributed by atoms with Crippen molar-refractivity contribution in [3.8, 4) is 0 Å². The van der Waals surface area contributed by atoms with Crippen molar-refractivity contribution in [1.29, 1.82) is 0 Å². The van der Waals surface area contributed by atoms with Crippen LogP contribution in [0.3, 0.4) is 0 Å². The third kappa shape index (κ3) is 6.92. The summed E-state index contributed by atoms with van der Waals surface area (Å²) in [5.74, 6) is 0. The average Bonchev–Trinajstić information content (AvgIpc) is 2.05. The summed E-state index contributed by atoms with van der Waals surface area (Å²) in [7, 11) is 0. The Morgan fingerprint density at radius 2 is 1.55 bits per heavy atom. The summed E-state index contributed by atoms with van der Waals surface area (Å²) in [6.45, 7) is 8.53. The first-order valence-corrected chi connectivity index (χ1v) is 11.5. The molecule has 0 spiro atoms. The van der Waals surface area contributed by atoms with Crippen molar-refractivity contribution in [2.75, 3.05) is 0 Å². The molecule has 0 N–H and O–H groups in total. The van der Waals surface area contributed by atoms with Crippen LogP contribution in [0, 0.1) is 0 Å². The van der Waals surface area contributed by atoms with Crippen molar-refractivity contribution in [3.05, 3.63) is 10.7 Å². The number of hydrogen-bond acceptors (Lipinski definition) is 0. The Morgan fingerprint density at radius 1 is 1.09 bits per heavy atom. The van der Waals surface area contributed by atoms with E-state index in [0.717, 1.165) is 0 Å². The molecule has 0 saturated heterocycles. The summed E-state index contributed by atoms with van der Waals surface area (Å²) in [5, 5.41) is 0. The fraction of sp³-hybridized carbons (Fsp3) is 0.800. The molecule has 0 nitrogen and oxygen atoms in total. The molecule has 0 atom stereocenters. The fourth-order valence-electron chi connectivity index (χ4n) is 1.31. The van der Waals surface area contributed by atoms with Crippen LogP contribution in [0.5, 0.6) is 0 Å². The van der Waals surface area contributed by atoms with Gasteiger partial charge in [0.15, 0.2) is 0 Å². The van der Waals surface area contributed by atoms with Crippen molar-refractivity contribution in [1.82, 2.24) is 0 Å². The molecule has 0 aliphatic carbocycles. The van der Waals surface area contributed by atoms with E-state index in [-0.39, 0.29) is 0 Å². The third-order valence-electron chi connectivity index (χ3n) is 2.19. The summed E-state index contributed by atoms with van der Waals surface area (Å²) in [6, 6.07) is 0. The van der Waals surface area contributed by atoms with Gasteiger partial charge in [-0.2, -0.15) is 0 Å². The first-order chi connectivity index (χ1) is 5.35. The Labute approximate surface area is 78.8 Å². The summed E-state index contributed by atoms with van der Waals surface area (Å²) in [4.78, 5) is 0. The SMILES string of the molecule is C=[CH][SnH]([CH2]CCC)[CH2]CCC. The number of hydrogen-bond donors (Lipinski definition) is 0. The second-order valence-electron chi connectivity index (χ2n) is 3.28. The average molecular weight is 261 g/mol. The molecular formula is C10H22Sn. The monoisotopic (exact) mass is 262 g/mol. The van der Waals surface area contributed by atoms with E-state index < -0.39 is 19.8 Å². The second kappa shape index (κ2) is 8.63. The minimum absolute atomic E-state index is 1.14. The molecule has 1 heteroatoms. The van der Waals surface area contributed by atoms with Gasteiger partial charge in [-0.25, -0.2) is 0 Å². The quantitative estimate of drug-likeness (QED) is 0.615. The van der Waals surface area contributed by atoms with Gasteiger partial charge >= 0.3 is 78.8 Å². The van der Waals surface area contributed by atoms with Crippen molar-refractivity contribution in [3.63, 3.8) is 0 Å². The Balaban J connectivity index is 3.33. The van der Waals surface area contributed by atoms with Gasteiger partial charge in [0.25, 0.3) is 0 Å². The summed E-state index contributed by atoms with van der Waals surface area (Å²) in [6.07, 6.45) is 5.65. The van der Waals surface area contributed by atoms with E-state index in [2.05, 4.69) is 24.5 Å². The van der Waals surface area contributed by atoms with E-state index in [9.17, 15) is 0 Å². The van der Waals surface area contributed by atoms with Gasteiger partial charge in [-0.3, -0.25) is 0 Å². The first-order valence-electron chi connectivity index (χ1n) is 4.97. The molecule has 0 amide bonds. The van der Waals surface area contributed by atoms with Gasteiger partial charge in [0, 0.05) is 0 Å². The van der Waals surface area contributed by atoms with Crippen molar-refractivity contribution >= 4 is 19.8 Å². The van der Waals surface area contributed by atoms with E-state index in [4.69, 9.17) is 0 Å². The molecule has 0 rings (SSSR count). The molecule has 0 aromatic heterocycles. The number of rotatable bonds is 7. The Morgan fingerprint density at radius 3 is 1.82 bits per heavy atom. The zero-order valence-corrected chi connectivity index (χ0v) is 11.4. The molecule has 0 aliphatic rings. The molecule has 11 heavy (non-hydrogen) atoms. The van der Waals surface area contributed by atoms with E-state index in [0.29, 0.717) is 0 Å². The molecule has 0 fully saturated rings. The standard InChI is InChI=1S/2C4H9.C2H3.Sn.H/c2*1-3-4-2;1-2;;/h2*1,3-4H2,2H3;1H,2H2;;. The van der Waals surface area contributed by atoms with Gasteiger partial charge in [0.05, 0.1) is 0 Å². The molecule has 0 unspecified atom stereocenters. The minimum atomic E-state index is -1.14. The molecule has 0 saturated carbocycles. The Hall–Kier alpha value is 0.539. The molecule has 66 valence electrons. The van der Waals surface area contributed by atoms with Crippen LogP contribution in [0.2, 0.25) is 8.87 Å². The van der Waals surface area contributed by atoms with Gasteiger partial charge in [-0.05, 0) is 0 Å². The third-order valence-corrected chi connectivity index (χ3v) is 10.7. The first kappa shape index (κ1) is 11.5. The van der Waals surface area contributed by atoms with E-state index >= 15 is 0 Å². The maximum atomic E-state index is 3.96. The van der Waals surface area contributed by atoms with E-state index in [1.54, 1.807) is 8.87 Å². The molecule has 0 radical (unpaired) electrons. The van der Waals surface area contributed by atoms with Gasteiger partial charge in [-0.1, -0.05) is 0 Å². The van der Waals surface area contributed by atoms with Crippen molar-refractivity contribution < 1.29 is 0 Å². The van der Waals surface area contributed by atoms with Gasteiger partial charge in [-0.15, -0.1) is 0 Å². The molecule has 0 heterocycles.